The Labute approximate surface area is 369 Å². The minimum Gasteiger partial charge on any atom is -0.398 e. The van der Waals surface area contributed by atoms with Crippen LogP contribution in [0.1, 0.15) is 38.9 Å². The van der Waals surface area contributed by atoms with Crippen molar-refractivity contribution in [1.29, 1.82) is 0 Å². The fourth-order valence-corrected chi connectivity index (χ4v) is 9.73. The normalized spacial score (nSPS) is 13.5. The van der Waals surface area contributed by atoms with Gasteiger partial charge in [0, 0.05) is 16.9 Å². The fourth-order valence-electron chi connectivity index (χ4n) is 9.73. The molecule has 2 aliphatic rings. The van der Waals surface area contributed by atoms with Gasteiger partial charge in [-0.05, 0) is 109 Å². The Morgan fingerprint density at radius 1 is 0.429 bits per heavy atom. The summed E-state index contributed by atoms with van der Waals surface area (Å²) in [5.41, 5.74) is 27.0. The number of benzene rings is 9. The van der Waals surface area contributed by atoms with Crippen molar-refractivity contribution in [3.05, 3.63) is 282 Å². The Bertz CT molecular complexity index is 3190. The molecule has 11 rings (SSSR count). The van der Waals surface area contributed by atoms with Gasteiger partial charge in [-0.3, -0.25) is 0 Å². The molecule has 1 heterocycles. The highest BCUT2D eigenvalue weighted by atomic mass is 15.2. The van der Waals surface area contributed by atoms with Crippen molar-refractivity contribution < 1.29 is 0 Å². The van der Waals surface area contributed by atoms with Crippen LogP contribution in [-0.4, -0.2) is 5.71 Å². The standard InChI is InChI=1S/C60H43N3/c1-41(42-32-34-44(35-33-42)43-18-5-2-6-19-43)62-57(45-20-7-3-8-21-45)40-56(61)48-23-17-22-46(38-48)47-36-37-51-50-26-11-12-27-52(50)60(55(51)39-47)53-28-13-15-30-58(53)63(49-24-9-4-10-25-49)59-31-16-14-29-54(59)60/h2-40H,1,61H2/b56-40-,62-57+. The molecule has 298 valence electrons. The van der Waals surface area contributed by atoms with Gasteiger partial charge in [0.25, 0.3) is 0 Å². The molecule has 1 aliphatic heterocycles. The maximum atomic E-state index is 7.05. The molecule has 0 amide bonds. The van der Waals surface area contributed by atoms with Crippen LogP contribution in [0.4, 0.5) is 17.1 Å². The van der Waals surface area contributed by atoms with Crippen molar-refractivity contribution in [3.8, 4) is 33.4 Å². The van der Waals surface area contributed by atoms with E-state index in [2.05, 4.69) is 218 Å². The molecule has 9 aromatic rings. The predicted molar refractivity (Wildman–Crippen MR) is 263 cm³/mol. The van der Waals surface area contributed by atoms with Gasteiger partial charge >= 0.3 is 0 Å². The third-order valence-electron chi connectivity index (χ3n) is 12.6. The smallest absolute Gasteiger partial charge is 0.0754 e. The van der Waals surface area contributed by atoms with Crippen LogP contribution in [0.15, 0.2) is 248 Å². The highest BCUT2D eigenvalue weighted by molar-refractivity contribution is 6.14. The lowest BCUT2D eigenvalue weighted by atomic mass is 9.64. The number of allylic oxidation sites excluding steroid dienone is 1. The van der Waals surface area contributed by atoms with Crippen molar-refractivity contribution in [2.24, 2.45) is 10.7 Å². The van der Waals surface area contributed by atoms with Crippen LogP contribution in [0.3, 0.4) is 0 Å². The number of nitrogens with zero attached hydrogens (tertiary/aromatic N) is 2. The van der Waals surface area contributed by atoms with E-state index >= 15 is 0 Å². The van der Waals surface area contributed by atoms with E-state index in [0.717, 1.165) is 44.8 Å². The molecule has 0 atom stereocenters. The van der Waals surface area contributed by atoms with E-state index in [0.29, 0.717) is 11.4 Å². The molecule has 0 saturated carbocycles. The summed E-state index contributed by atoms with van der Waals surface area (Å²) in [7, 11) is 0. The number of fused-ring (bicyclic) bond motifs is 9. The van der Waals surface area contributed by atoms with Gasteiger partial charge in [-0.25, -0.2) is 4.99 Å². The molecule has 0 aromatic heterocycles. The summed E-state index contributed by atoms with van der Waals surface area (Å²) in [4.78, 5) is 7.52. The number of anilines is 3. The first-order chi connectivity index (χ1) is 31.1. The lowest BCUT2D eigenvalue weighted by Crippen LogP contribution is -2.36. The van der Waals surface area contributed by atoms with E-state index in [1.807, 2.05) is 30.3 Å². The zero-order chi connectivity index (χ0) is 42.3. The summed E-state index contributed by atoms with van der Waals surface area (Å²) in [6, 6.07) is 82.0. The van der Waals surface area contributed by atoms with Crippen molar-refractivity contribution >= 4 is 34.2 Å². The molecule has 1 spiro atoms. The molecule has 2 N–H and O–H groups in total. The lowest BCUT2D eigenvalue weighted by molar-refractivity contribution is 0.753. The monoisotopic (exact) mass is 805 g/mol. The molecular formula is C60H43N3. The maximum absolute atomic E-state index is 7.05. The van der Waals surface area contributed by atoms with Crippen molar-refractivity contribution in [2.45, 2.75) is 5.41 Å². The van der Waals surface area contributed by atoms with Crippen molar-refractivity contribution in [3.63, 3.8) is 0 Å². The van der Waals surface area contributed by atoms with E-state index in [4.69, 9.17) is 10.7 Å². The maximum Gasteiger partial charge on any atom is 0.0754 e. The molecule has 0 saturated heterocycles. The van der Waals surface area contributed by atoms with Crippen LogP contribution < -0.4 is 10.6 Å². The van der Waals surface area contributed by atoms with Gasteiger partial charge in [0.2, 0.25) is 0 Å². The summed E-state index contributed by atoms with van der Waals surface area (Å²) in [5.74, 6) is 0. The Balaban J connectivity index is 1.00. The zero-order valence-electron chi connectivity index (χ0n) is 34.7. The van der Waals surface area contributed by atoms with Crippen LogP contribution in [0.5, 0.6) is 0 Å². The second kappa shape index (κ2) is 15.6. The topological polar surface area (TPSA) is 41.6 Å². The molecule has 3 heteroatoms. The first-order valence-electron chi connectivity index (χ1n) is 21.4. The summed E-state index contributed by atoms with van der Waals surface area (Å²) in [5, 5.41) is 0. The second-order valence-corrected chi connectivity index (χ2v) is 16.2. The number of nitrogens with two attached hydrogens (primary N) is 1. The fraction of sp³-hybridized carbons (Fsp3) is 0.0167. The Morgan fingerprint density at radius 2 is 0.937 bits per heavy atom. The van der Waals surface area contributed by atoms with Gasteiger partial charge in [0.05, 0.1) is 28.2 Å². The van der Waals surface area contributed by atoms with E-state index in [1.165, 1.54) is 50.3 Å². The Kier molecular flexibility index (Phi) is 9.36. The van der Waals surface area contributed by atoms with Crippen LogP contribution in [0.2, 0.25) is 0 Å². The highest BCUT2D eigenvalue weighted by Crippen LogP contribution is 2.63. The highest BCUT2D eigenvalue weighted by Gasteiger charge is 2.51. The summed E-state index contributed by atoms with van der Waals surface area (Å²) < 4.78 is 0. The van der Waals surface area contributed by atoms with Crippen LogP contribution in [0.25, 0.3) is 44.8 Å². The molecular weight excluding hydrogens is 763 g/mol. The summed E-state index contributed by atoms with van der Waals surface area (Å²) in [6.45, 7) is 4.39. The zero-order valence-corrected chi connectivity index (χ0v) is 34.7. The van der Waals surface area contributed by atoms with E-state index < -0.39 is 5.41 Å². The molecule has 9 aromatic carbocycles. The van der Waals surface area contributed by atoms with Crippen molar-refractivity contribution in [1.82, 2.24) is 0 Å². The number of rotatable bonds is 8. The Hall–Kier alpha value is -8.27. The SMILES string of the molecule is C=C(/N=C(\C=C(/N)c1cccc(-c2ccc3c(c2)C2(c4ccccc4-3)c3ccccc3N(c3ccccc3)c3ccccc32)c1)c1ccccc1)c1ccc(-c2ccccc2)cc1. The van der Waals surface area contributed by atoms with E-state index in [1.54, 1.807) is 0 Å². The first-order valence-corrected chi connectivity index (χ1v) is 21.4. The lowest BCUT2D eigenvalue weighted by Gasteiger charge is -2.45. The molecule has 3 nitrogen and oxygen atoms in total. The number of aliphatic imine (C=N–C) groups is 1. The molecule has 1 aliphatic carbocycles. The van der Waals surface area contributed by atoms with Crippen LogP contribution >= 0.6 is 0 Å². The van der Waals surface area contributed by atoms with Gasteiger partial charge in [-0.15, -0.1) is 0 Å². The minimum absolute atomic E-state index is 0.539. The summed E-state index contributed by atoms with van der Waals surface area (Å²) >= 11 is 0. The van der Waals surface area contributed by atoms with Gasteiger partial charge in [-0.2, -0.15) is 0 Å². The van der Waals surface area contributed by atoms with E-state index in [9.17, 15) is 0 Å². The summed E-state index contributed by atoms with van der Waals surface area (Å²) in [6.07, 6.45) is 1.97. The average molecular weight is 806 g/mol. The third kappa shape index (κ3) is 6.41. The minimum atomic E-state index is -0.539. The van der Waals surface area contributed by atoms with Crippen LogP contribution in [-0.2, 0) is 5.41 Å². The number of hydrogen-bond acceptors (Lipinski definition) is 3. The van der Waals surface area contributed by atoms with Crippen molar-refractivity contribution in [2.75, 3.05) is 4.90 Å². The molecule has 0 bridgehead atoms. The van der Waals surface area contributed by atoms with Gasteiger partial charge in [0.15, 0.2) is 0 Å². The second-order valence-electron chi connectivity index (χ2n) is 16.2. The van der Waals surface area contributed by atoms with Crippen LogP contribution in [0, 0.1) is 0 Å². The third-order valence-corrected chi connectivity index (χ3v) is 12.6. The Morgan fingerprint density at radius 3 is 1.63 bits per heavy atom. The molecule has 0 unspecified atom stereocenters. The number of para-hydroxylation sites is 3. The van der Waals surface area contributed by atoms with E-state index in [-0.39, 0.29) is 0 Å². The predicted octanol–water partition coefficient (Wildman–Crippen LogP) is 14.6. The molecule has 0 fully saturated rings. The molecule has 63 heavy (non-hydrogen) atoms. The average Bonchev–Trinajstić information content (AvgIpc) is 3.64. The van der Waals surface area contributed by atoms with Gasteiger partial charge in [0.1, 0.15) is 0 Å². The first kappa shape index (κ1) is 37.7. The molecule has 0 radical (unpaired) electrons. The quantitative estimate of drug-likeness (QED) is 0.155. The van der Waals surface area contributed by atoms with Gasteiger partial charge < -0.3 is 10.6 Å². The number of hydrogen-bond donors (Lipinski definition) is 1. The largest absolute Gasteiger partial charge is 0.398 e. The van der Waals surface area contributed by atoms with Gasteiger partial charge in [-0.1, -0.05) is 201 Å².